The Kier molecular flexibility index (Phi) is 4.25. The minimum Gasteiger partial charge on any atom is -0.490 e. The van der Waals surface area contributed by atoms with Gasteiger partial charge in [0.1, 0.15) is 5.75 Å². The number of aryl methyl sites for hydroxylation is 1. The molecule has 0 saturated heterocycles. The van der Waals surface area contributed by atoms with Crippen LogP contribution in [0.5, 0.6) is 5.75 Å². The normalized spacial score (nSPS) is 26.5. The van der Waals surface area contributed by atoms with Crippen molar-refractivity contribution in [3.63, 3.8) is 0 Å². The lowest BCUT2D eigenvalue weighted by Gasteiger charge is -2.27. The highest BCUT2D eigenvalue weighted by Gasteiger charge is 2.23. The van der Waals surface area contributed by atoms with Crippen molar-refractivity contribution in [3.8, 4) is 5.75 Å². The molecule has 3 rings (SSSR count). The van der Waals surface area contributed by atoms with Gasteiger partial charge >= 0.3 is 0 Å². The van der Waals surface area contributed by atoms with E-state index >= 15 is 0 Å². The van der Waals surface area contributed by atoms with Crippen LogP contribution in [-0.2, 0) is 6.54 Å². The molecule has 20 heavy (non-hydrogen) atoms. The zero-order valence-corrected chi connectivity index (χ0v) is 12.7. The molecule has 2 fully saturated rings. The average molecular weight is 274 g/mol. The van der Waals surface area contributed by atoms with Gasteiger partial charge in [-0.15, -0.1) is 0 Å². The highest BCUT2D eigenvalue weighted by Crippen LogP contribution is 2.29. The van der Waals surface area contributed by atoms with Gasteiger partial charge < -0.3 is 10.1 Å². The number of hydrogen-bond acceptors (Lipinski definition) is 3. The summed E-state index contributed by atoms with van der Waals surface area (Å²) in [6.07, 6.45) is 9.98. The zero-order valence-electron chi connectivity index (χ0n) is 12.7. The van der Waals surface area contributed by atoms with E-state index in [4.69, 9.17) is 4.74 Å². The number of ether oxygens (including phenoxy) is 1. The Balaban J connectivity index is 1.64. The van der Waals surface area contributed by atoms with Gasteiger partial charge in [-0.2, -0.15) is 0 Å². The van der Waals surface area contributed by atoms with E-state index < -0.39 is 0 Å². The molecule has 2 aliphatic carbocycles. The number of rotatable bonds is 5. The lowest BCUT2D eigenvalue weighted by Crippen LogP contribution is -2.24. The molecule has 0 amide bonds. The van der Waals surface area contributed by atoms with Gasteiger partial charge in [0.05, 0.1) is 6.10 Å². The van der Waals surface area contributed by atoms with Gasteiger partial charge in [0.25, 0.3) is 0 Å². The Bertz CT molecular complexity index is 448. The lowest BCUT2D eigenvalue weighted by molar-refractivity contribution is 0.134. The highest BCUT2D eigenvalue weighted by molar-refractivity contribution is 5.33. The molecule has 0 aromatic carbocycles. The maximum atomic E-state index is 6.29. The second kappa shape index (κ2) is 6.13. The topological polar surface area (TPSA) is 34.1 Å². The molecule has 2 aliphatic rings. The molecule has 0 spiro atoms. The van der Waals surface area contributed by atoms with Crippen molar-refractivity contribution in [2.24, 2.45) is 5.92 Å². The Labute approximate surface area is 122 Å². The summed E-state index contributed by atoms with van der Waals surface area (Å²) in [6, 6.07) is 2.82. The third-order valence-corrected chi connectivity index (χ3v) is 4.50. The van der Waals surface area contributed by atoms with Gasteiger partial charge in [-0.05, 0) is 51.4 Å². The van der Waals surface area contributed by atoms with Crippen LogP contribution in [0.3, 0.4) is 0 Å². The minimum atomic E-state index is 0.396. The van der Waals surface area contributed by atoms with Gasteiger partial charge in [0.2, 0.25) is 0 Å². The second-order valence-corrected chi connectivity index (χ2v) is 6.59. The van der Waals surface area contributed by atoms with Gasteiger partial charge in [0, 0.05) is 36.1 Å². The van der Waals surface area contributed by atoms with E-state index in [9.17, 15) is 0 Å². The van der Waals surface area contributed by atoms with Crippen LogP contribution in [0.1, 0.15) is 56.7 Å². The minimum absolute atomic E-state index is 0.396. The SMILES string of the molecule is Cc1cc(OC2CCC(C)CC2)c(CNC2CC2)cn1. The lowest BCUT2D eigenvalue weighted by atomic mass is 9.89. The predicted molar refractivity (Wildman–Crippen MR) is 80.9 cm³/mol. The molecular formula is C17H26N2O. The molecule has 1 aromatic rings. The molecule has 1 N–H and O–H groups in total. The molecule has 2 saturated carbocycles. The van der Waals surface area contributed by atoms with Crippen LogP contribution in [0.15, 0.2) is 12.3 Å². The largest absolute Gasteiger partial charge is 0.490 e. The fourth-order valence-electron chi connectivity index (χ4n) is 2.87. The van der Waals surface area contributed by atoms with Crippen molar-refractivity contribution in [1.82, 2.24) is 10.3 Å². The van der Waals surface area contributed by atoms with Crippen LogP contribution in [0, 0.1) is 12.8 Å². The number of aromatic nitrogens is 1. The summed E-state index contributed by atoms with van der Waals surface area (Å²) in [5, 5.41) is 3.56. The van der Waals surface area contributed by atoms with Gasteiger partial charge in [-0.1, -0.05) is 6.92 Å². The Morgan fingerprint density at radius 1 is 1.20 bits per heavy atom. The molecule has 1 heterocycles. The average Bonchev–Trinajstić information content (AvgIpc) is 3.25. The zero-order chi connectivity index (χ0) is 13.9. The van der Waals surface area contributed by atoms with Crippen molar-refractivity contribution < 1.29 is 4.74 Å². The van der Waals surface area contributed by atoms with E-state index in [-0.39, 0.29) is 0 Å². The van der Waals surface area contributed by atoms with E-state index in [1.165, 1.54) is 44.1 Å². The smallest absolute Gasteiger partial charge is 0.127 e. The van der Waals surface area contributed by atoms with E-state index in [0.29, 0.717) is 6.10 Å². The van der Waals surface area contributed by atoms with Crippen molar-refractivity contribution in [1.29, 1.82) is 0 Å². The van der Waals surface area contributed by atoms with Crippen molar-refractivity contribution in [3.05, 3.63) is 23.5 Å². The molecular weight excluding hydrogens is 248 g/mol. The Morgan fingerprint density at radius 2 is 1.95 bits per heavy atom. The van der Waals surface area contributed by atoms with Crippen molar-refractivity contribution >= 4 is 0 Å². The number of pyridine rings is 1. The van der Waals surface area contributed by atoms with E-state index in [1.54, 1.807) is 0 Å². The van der Waals surface area contributed by atoms with Crippen LogP contribution in [0.25, 0.3) is 0 Å². The summed E-state index contributed by atoms with van der Waals surface area (Å²) < 4.78 is 6.29. The summed E-state index contributed by atoms with van der Waals surface area (Å²) >= 11 is 0. The first-order valence-electron chi connectivity index (χ1n) is 8.06. The van der Waals surface area contributed by atoms with Gasteiger partial charge in [0.15, 0.2) is 0 Å². The second-order valence-electron chi connectivity index (χ2n) is 6.59. The van der Waals surface area contributed by atoms with Crippen LogP contribution < -0.4 is 10.1 Å². The molecule has 3 heteroatoms. The molecule has 0 bridgehead atoms. The Morgan fingerprint density at radius 3 is 2.65 bits per heavy atom. The van der Waals surface area contributed by atoms with Gasteiger partial charge in [-0.3, -0.25) is 4.98 Å². The van der Waals surface area contributed by atoms with Gasteiger partial charge in [-0.25, -0.2) is 0 Å². The molecule has 0 unspecified atom stereocenters. The summed E-state index contributed by atoms with van der Waals surface area (Å²) in [5.74, 6) is 1.91. The molecule has 0 radical (unpaired) electrons. The van der Waals surface area contributed by atoms with Crippen LogP contribution in [0.4, 0.5) is 0 Å². The Hall–Kier alpha value is -1.09. The summed E-state index contributed by atoms with van der Waals surface area (Å²) in [6.45, 7) is 5.27. The number of nitrogens with zero attached hydrogens (tertiary/aromatic N) is 1. The fourth-order valence-corrected chi connectivity index (χ4v) is 2.87. The third kappa shape index (κ3) is 3.72. The third-order valence-electron chi connectivity index (χ3n) is 4.50. The summed E-state index contributed by atoms with van der Waals surface area (Å²) in [5.41, 5.74) is 2.25. The summed E-state index contributed by atoms with van der Waals surface area (Å²) in [4.78, 5) is 4.42. The first kappa shape index (κ1) is 13.9. The molecule has 0 atom stereocenters. The summed E-state index contributed by atoms with van der Waals surface area (Å²) in [7, 11) is 0. The predicted octanol–water partition coefficient (Wildman–Crippen LogP) is 3.60. The van der Waals surface area contributed by atoms with Crippen LogP contribution in [-0.4, -0.2) is 17.1 Å². The number of hydrogen-bond donors (Lipinski definition) is 1. The van der Waals surface area contributed by atoms with Crippen LogP contribution in [0.2, 0.25) is 0 Å². The molecule has 3 nitrogen and oxygen atoms in total. The van der Waals surface area contributed by atoms with Crippen molar-refractivity contribution in [2.75, 3.05) is 0 Å². The standard InChI is InChI=1S/C17H26N2O/c1-12-3-7-16(8-4-12)20-17-9-13(2)18-10-14(17)11-19-15-5-6-15/h9-10,12,15-16,19H,3-8,11H2,1-2H3. The maximum absolute atomic E-state index is 6.29. The van der Waals surface area contributed by atoms with Crippen LogP contribution >= 0.6 is 0 Å². The van der Waals surface area contributed by atoms with E-state index in [1.807, 2.05) is 13.1 Å². The highest BCUT2D eigenvalue weighted by atomic mass is 16.5. The quantitative estimate of drug-likeness (QED) is 0.891. The number of nitrogens with one attached hydrogen (secondary N) is 1. The maximum Gasteiger partial charge on any atom is 0.127 e. The van der Waals surface area contributed by atoms with Crippen molar-refractivity contribution in [2.45, 2.75) is 71.1 Å². The van der Waals surface area contributed by atoms with E-state index in [2.05, 4.69) is 23.3 Å². The first-order chi connectivity index (χ1) is 9.70. The molecule has 110 valence electrons. The fraction of sp³-hybridized carbons (Fsp3) is 0.706. The monoisotopic (exact) mass is 274 g/mol. The molecule has 1 aromatic heterocycles. The van der Waals surface area contributed by atoms with E-state index in [0.717, 1.165) is 29.9 Å². The molecule has 0 aliphatic heterocycles. The first-order valence-corrected chi connectivity index (χ1v) is 8.06.